The van der Waals surface area contributed by atoms with Crippen LogP contribution in [0.2, 0.25) is 0 Å². The summed E-state index contributed by atoms with van der Waals surface area (Å²) in [6.45, 7) is 6.84. The predicted octanol–water partition coefficient (Wildman–Crippen LogP) is 3.43. The van der Waals surface area contributed by atoms with Gasteiger partial charge >= 0.3 is 0 Å². The first kappa shape index (κ1) is 19.4. The molecular formula is C22H36N2O3. The summed E-state index contributed by atoms with van der Waals surface area (Å²) >= 11 is 0. The molecule has 4 rings (SSSR count). The van der Waals surface area contributed by atoms with E-state index in [9.17, 15) is 9.90 Å². The van der Waals surface area contributed by atoms with Crippen molar-refractivity contribution in [2.24, 2.45) is 39.5 Å². The topological polar surface area (TPSA) is 84.9 Å². The molecule has 0 aliphatic heterocycles. The van der Waals surface area contributed by atoms with Crippen LogP contribution in [0.1, 0.15) is 78.6 Å². The van der Waals surface area contributed by atoms with Crippen LogP contribution in [0.3, 0.4) is 0 Å². The monoisotopic (exact) mass is 376 g/mol. The fraction of sp³-hybridized carbons (Fsp3) is 0.909. The summed E-state index contributed by atoms with van der Waals surface area (Å²) in [4.78, 5) is 17.9. The van der Waals surface area contributed by atoms with Crippen molar-refractivity contribution in [3.63, 3.8) is 0 Å². The number of hydrogen-bond acceptors (Lipinski definition) is 5. The van der Waals surface area contributed by atoms with E-state index in [0.29, 0.717) is 36.6 Å². The van der Waals surface area contributed by atoms with Crippen LogP contribution in [0, 0.1) is 28.6 Å². The van der Waals surface area contributed by atoms with Gasteiger partial charge in [0.15, 0.2) is 0 Å². The molecule has 0 heterocycles. The van der Waals surface area contributed by atoms with Gasteiger partial charge in [0.05, 0.1) is 11.3 Å². The minimum Gasteiger partial charge on any atom is -0.394 e. The fourth-order valence-corrected chi connectivity index (χ4v) is 7.15. The average molecular weight is 377 g/mol. The highest BCUT2D eigenvalue weighted by Gasteiger charge is 2.64. The third kappa shape index (κ3) is 2.88. The summed E-state index contributed by atoms with van der Waals surface area (Å²) in [5.41, 5.74) is 5.84. The number of ketones is 1. The molecule has 1 unspecified atom stereocenters. The second kappa shape index (κ2) is 6.55. The summed E-state index contributed by atoms with van der Waals surface area (Å²) in [6.07, 6.45) is 8.23. The largest absolute Gasteiger partial charge is 0.394 e. The van der Waals surface area contributed by atoms with Crippen molar-refractivity contribution in [2.75, 3.05) is 6.61 Å². The number of Topliss-reactive ketones (excluding diaryl/α,β-unsaturated/α-hetero) is 1. The lowest BCUT2D eigenvalue weighted by atomic mass is 9.43. The normalized spacial score (nSPS) is 49.3. The Balaban J connectivity index is 1.54. The van der Waals surface area contributed by atoms with Gasteiger partial charge in [-0.05, 0) is 69.6 Å². The van der Waals surface area contributed by atoms with E-state index >= 15 is 0 Å². The van der Waals surface area contributed by atoms with Gasteiger partial charge in [0.25, 0.3) is 0 Å². The second-order valence-corrected chi connectivity index (χ2v) is 10.4. The number of rotatable bonds is 3. The maximum atomic E-state index is 12.5. The Morgan fingerprint density at radius 3 is 2.70 bits per heavy atom. The lowest BCUT2D eigenvalue weighted by Crippen LogP contribution is -2.62. The Bertz CT molecular complexity index is 647. The molecular weight excluding hydrogens is 340 g/mol. The van der Waals surface area contributed by atoms with Crippen LogP contribution in [0.4, 0.5) is 0 Å². The molecule has 152 valence electrons. The van der Waals surface area contributed by atoms with Crippen molar-refractivity contribution in [1.29, 1.82) is 0 Å². The van der Waals surface area contributed by atoms with Crippen LogP contribution >= 0.6 is 0 Å². The summed E-state index contributed by atoms with van der Waals surface area (Å²) in [5, 5.41) is 16.0. The van der Waals surface area contributed by atoms with Crippen LogP contribution in [-0.2, 0) is 9.63 Å². The van der Waals surface area contributed by atoms with Gasteiger partial charge in [-0.3, -0.25) is 4.79 Å². The lowest BCUT2D eigenvalue weighted by molar-refractivity contribution is -0.188. The number of aliphatic hydroxyl groups is 1. The summed E-state index contributed by atoms with van der Waals surface area (Å²) < 4.78 is 0. The highest BCUT2D eigenvalue weighted by Crippen LogP contribution is 2.66. The Kier molecular flexibility index (Phi) is 4.70. The van der Waals surface area contributed by atoms with Gasteiger partial charge in [0.1, 0.15) is 12.4 Å². The van der Waals surface area contributed by atoms with Crippen molar-refractivity contribution >= 4 is 11.5 Å². The first-order valence-corrected chi connectivity index (χ1v) is 10.9. The Hall–Kier alpha value is -0.940. The van der Waals surface area contributed by atoms with Crippen molar-refractivity contribution in [3.8, 4) is 0 Å². The minimum atomic E-state index is -0.695. The molecule has 0 saturated heterocycles. The number of fused-ring (bicyclic) bond motifs is 5. The van der Waals surface area contributed by atoms with Gasteiger partial charge in [0, 0.05) is 29.7 Å². The second-order valence-electron chi connectivity index (χ2n) is 10.4. The summed E-state index contributed by atoms with van der Waals surface area (Å²) in [5.74, 6) is 2.12. The smallest absolute Gasteiger partial charge is 0.139 e. The quantitative estimate of drug-likeness (QED) is 0.739. The van der Waals surface area contributed by atoms with Crippen molar-refractivity contribution in [3.05, 3.63) is 0 Å². The molecule has 7 atom stereocenters. The van der Waals surface area contributed by atoms with E-state index in [1.54, 1.807) is 0 Å². The predicted molar refractivity (Wildman–Crippen MR) is 105 cm³/mol. The molecule has 4 fully saturated rings. The number of carbonyl (C=O) groups excluding carboxylic acids is 1. The fourth-order valence-electron chi connectivity index (χ4n) is 7.15. The molecule has 0 spiro atoms. The number of carbonyl (C=O) groups is 1. The van der Waals surface area contributed by atoms with E-state index in [1.807, 2.05) is 6.92 Å². The molecule has 0 aromatic carbocycles. The number of hydrogen-bond donors (Lipinski definition) is 2. The van der Waals surface area contributed by atoms with Gasteiger partial charge in [-0.2, -0.15) is 0 Å². The van der Waals surface area contributed by atoms with Crippen LogP contribution in [0.5, 0.6) is 0 Å². The molecule has 0 aromatic rings. The molecule has 3 N–H and O–H groups in total. The molecule has 4 saturated carbocycles. The summed E-state index contributed by atoms with van der Waals surface area (Å²) in [6, 6.07) is -0.0348. The number of oxime groups is 1. The van der Waals surface area contributed by atoms with Gasteiger partial charge < -0.3 is 15.7 Å². The number of nitrogens with two attached hydrogens (primary N) is 1. The standard InChI is InChI=1S/C22H36N2O3/c1-14(23)13-27-24-15-6-10-21(3)18-8-9-20(2)17(4-5-19(20)25)16(18)7-11-22(21,26)12-15/h14,16-18,26H,4-13,23H2,1-3H3/t14?,16-,17-,18-,20-,21+,22+/m0/s1. The van der Waals surface area contributed by atoms with Crippen molar-refractivity contribution in [1.82, 2.24) is 0 Å². The molecule has 27 heavy (non-hydrogen) atoms. The molecule has 5 nitrogen and oxygen atoms in total. The maximum absolute atomic E-state index is 12.5. The Morgan fingerprint density at radius 2 is 1.96 bits per heavy atom. The highest BCUT2D eigenvalue weighted by atomic mass is 16.6. The molecule has 4 aliphatic rings. The van der Waals surface area contributed by atoms with Crippen LogP contribution in [0.15, 0.2) is 5.16 Å². The molecule has 0 aromatic heterocycles. The van der Waals surface area contributed by atoms with Crippen LogP contribution in [0.25, 0.3) is 0 Å². The lowest BCUT2D eigenvalue weighted by Gasteiger charge is -2.62. The first-order chi connectivity index (χ1) is 12.7. The van der Waals surface area contributed by atoms with Gasteiger partial charge in [-0.15, -0.1) is 0 Å². The minimum absolute atomic E-state index is 0.0348. The Labute approximate surface area is 163 Å². The van der Waals surface area contributed by atoms with Gasteiger partial charge in [-0.1, -0.05) is 19.0 Å². The first-order valence-electron chi connectivity index (χ1n) is 10.9. The zero-order valence-electron chi connectivity index (χ0n) is 17.2. The number of nitrogens with zero attached hydrogens (tertiary/aromatic N) is 1. The zero-order valence-corrected chi connectivity index (χ0v) is 17.2. The van der Waals surface area contributed by atoms with Crippen molar-refractivity contribution < 1.29 is 14.7 Å². The summed E-state index contributed by atoms with van der Waals surface area (Å²) in [7, 11) is 0. The van der Waals surface area contributed by atoms with Crippen LogP contribution < -0.4 is 5.73 Å². The van der Waals surface area contributed by atoms with E-state index in [1.165, 1.54) is 0 Å². The SMILES string of the molecule is CC(N)CON=C1CC[C@]2(C)[C@H]3CC[C@]4(C)C(=O)CC[C@H]4[C@@H]3CC[C@@]2(O)C1. The highest BCUT2D eigenvalue weighted by molar-refractivity contribution is 5.87. The van der Waals surface area contributed by atoms with E-state index in [2.05, 4.69) is 19.0 Å². The molecule has 0 bridgehead atoms. The van der Waals surface area contributed by atoms with E-state index < -0.39 is 5.60 Å². The average Bonchev–Trinajstić information content (AvgIpc) is 2.91. The molecule has 0 radical (unpaired) electrons. The third-order valence-electron chi connectivity index (χ3n) is 8.88. The van der Waals surface area contributed by atoms with Crippen molar-refractivity contribution in [2.45, 2.75) is 90.2 Å². The van der Waals surface area contributed by atoms with E-state index in [4.69, 9.17) is 10.6 Å². The molecule has 0 amide bonds. The zero-order chi connectivity index (χ0) is 19.4. The van der Waals surface area contributed by atoms with Gasteiger partial charge in [-0.25, -0.2) is 0 Å². The van der Waals surface area contributed by atoms with Gasteiger partial charge in [0.2, 0.25) is 0 Å². The third-order valence-corrected chi connectivity index (χ3v) is 8.88. The van der Waals surface area contributed by atoms with E-state index in [-0.39, 0.29) is 16.9 Å². The van der Waals surface area contributed by atoms with E-state index in [0.717, 1.165) is 57.1 Å². The Morgan fingerprint density at radius 1 is 1.19 bits per heavy atom. The molecule has 4 aliphatic carbocycles. The molecule has 5 heteroatoms. The maximum Gasteiger partial charge on any atom is 0.139 e. The van der Waals surface area contributed by atoms with Crippen LogP contribution in [-0.4, -0.2) is 34.9 Å².